The molecule has 0 spiro atoms. The standard InChI is InChI=1S/C68H108O6/c1-4-7-10-13-16-18-20-22-24-26-27-28-29-30-31-32-33-34-35-36-37-38-39-40-41-43-44-46-48-50-52-55-58-61-67(70)73-64-65(63-72-66(69)60-57-54-15-12-9-6-3)74-68(71)62-59-56-53-51-49-47-45-42-25-23-21-19-17-14-11-8-5-2/h7,10,16-19,22-25,27-28,30-31,33-34,36-37,39-40,43-44,48,50,65H,4-6,8-9,11-15,20-21,26,29,32,35,38,41-42,45-47,49,51-64H2,1-3H3/b10-7-,18-16-,19-17-,24-22-,25-23-,28-27-,31-30-,34-33-,37-36-,40-39-,44-43-,50-48-. The van der Waals surface area contributed by atoms with Gasteiger partial charge in [-0.1, -0.05) is 244 Å². The van der Waals surface area contributed by atoms with Crippen molar-refractivity contribution in [2.75, 3.05) is 13.2 Å². The van der Waals surface area contributed by atoms with Gasteiger partial charge in [0.25, 0.3) is 0 Å². The first-order valence-corrected chi connectivity index (χ1v) is 29.8. The summed E-state index contributed by atoms with van der Waals surface area (Å²) in [5.74, 6) is -0.969. The molecule has 0 N–H and O–H groups in total. The molecule has 0 radical (unpaired) electrons. The largest absolute Gasteiger partial charge is 0.462 e. The zero-order valence-corrected chi connectivity index (χ0v) is 47.5. The van der Waals surface area contributed by atoms with Crippen molar-refractivity contribution in [3.05, 3.63) is 146 Å². The molecule has 416 valence electrons. The predicted molar refractivity (Wildman–Crippen MR) is 320 cm³/mol. The van der Waals surface area contributed by atoms with Crippen LogP contribution in [0.15, 0.2) is 146 Å². The third kappa shape index (κ3) is 58.2. The van der Waals surface area contributed by atoms with Gasteiger partial charge in [0.15, 0.2) is 6.10 Å². The molecule has 0 aromatic rings. The van der Waals surface area contributed by atoms with Crippen molar-refractivity contribution >= 4 is 17.9 Å². The second-order valence-electron chi connectivity index (χ2n) is 19.2. The molecule has 0 rings (SSSR count). The Hall–Kier alpha value is -4.71. The van der Waals surface area contributed by atoms with Crippen LogP contribution in [0.25, 0.3) is 0 Å². The fourth-order valence-corrected chi connectivity index (χ4v) is 7.62. The van der Waals surface area contributed by atoms with Gasteiger partial charge in [0, 0.05) is 19.3 Å². The summed E-state index contributed by atoms with van der Waals surface area (Å²) in [4.78, 5) is 37.9. The van der Waals surface area contributed by atoms with Crippen LogP contribution in [-0.4, -0.2) is 37.2 Å². The van der Waals surface area contributed by atoms with E-state index in [1.54, 1.807) is 0 Å². The maximum Gasteiger partial charge on any atom is 0.306 e. The number of hydrogen-bond donors (Lipinski definition) is 0. The van der Waals surface area contributed by atoms with Crippen LogP contribution in [0.5, 0.6) is 0 Å². The predicted octanol–water partition coefficient (Wildman–Crippen LogP) is 20.4. The minimum atomic E-state index is -0.802. The molecule has 0 aromatic heterocycles. The van der Waals surface area contributed by atoms with Gasteiger partial charge in [0.05, 0.1) is 0 Å². The lowest BCUT2D eigenvalue weighted by Gasteiger charge is -2.18. The Kier molecular flexibility index (Phi) is 57.0. The highest BCUT2D eigenvalue weighted by Gasteiger charge is 2.19. The van der Waals surface area contributed by atoms with E-state index in [1.807, 2.05) is 0 Å². The molecular weight excluding hydrogens is 913 g/mol. The zero-order valence-electron chi connectivity index (χ0n) is 47.5. The van der Waals surface area contributed by atoms with Crippen molar-refractivity contribution < 1.29 is 28.6 Å². The molecule has 0 saturated heterocycles. The van der Waals surface area contributed by atoms with E-state index in [-0.39, 0.29) is 31.1 Å². The summed E-state index contributed by atoms with van der Waals surface area (Å²) < 4.78 is 16.7. The zero-order chi connectivity index (χ0) is 53.6. The van der Waals surface area contributed by atoms with Crippen LogP contribution in [-0.2, 0) is 28.6 Å². The van der Waals surface area contributed by atoms with Crippen LogP contribution in [0, 0.1) is 0 Å². The molecule has 0 amide bonds. The number of carbonyl (C=O) groups is 3. The second kappa shape index (κ2) is 60.8. The first-order valence-electron chi connectivity index (χ1n) is 29.8. The van der Waals surface area contributed by atoms with E-state index in [1.165, 1.54) is 70.6 Å². The molecule has 6 nitrogen and oxygen atoms in total. The summed E-state index contributed by atoms with van der Waals surface area (Å²) in [7, 11) is 0. The molecule has 6 heteroatoms. The Labute approximate surface area is 455 Å². The van der Waals surface area contributed by atoms with Crippen LogP contribution in [0.2, 0.25) is 0 Å². The quantitative estimate of drug-likeness (QED) is 0.0261. The maximum atomic E-state index is 12.8. The Morgan fingerprint density at radius 2 is 0.527 bits per heavy atom. The van der Waals surface area contributed by atoms with Gasteiger partial charge in [-0.15, -0.1) is 0 Å². The highest BCUT2D eigenvalue weighted by Crippen LogP contribution is 2.13. The van der Waals surface area contributed by atoms with E-state index >= 15 is 0 Å². The van der Waals surface area contributed by atoms with Crippen LogP contribution in [0.3, 0.4) is 0 Å². The van der Waals surface area contributed by atoms with Crippen LogP contribution in [0.1, 0.15) is 245 Å². The summed E-state index contributed by atoms with van der Waals surface area (Å²) in [6.45, 7) is 6.38. The van der Waals surface area contributed by atoms with Gasteiger partial charge < -0.3 is 14.2 Å². The monoisotopic (exact) mass is 1020 g/mol. The van der Waals surface area contributed by atoms with Gasteiger partial charge in [0.1, 0.15) is 13.2 Å². The van der Waals surface area contributed by atoms with Crippen molar-refractivity contribution in [3.63, 3.8) is 0 Å². The Morgan fingerprint density at radius 1 is 0.284 bits per heavy atom. The summed E-state index contributed by atoms with van der Waals surface area (Å²) in [5.41, 5.74) is 0. The summed E-state index contributed by atoms with van der Waals surface area (Å²) >= 11 is 0. The lowest BCUT2D eigenvalue weighted by molar-refractivity contribution is -0.167. The van der Waals surface area contributed by atoms with Gasteiger partial charge in [-0.05, 0) is 128 Å². The molecular formula is C68H108O6. The number of unbranched alkanes of at least 4 members (excludes halogenated alkanes) is 17. The molecule has 0 fully saturated rings. The van der Waals surface area contributed by atoms with Crippen LogP contribution in [0.4, 0.5) is 0 Å². The third-order valence-corrected chi connectivity index (χ3v) is 12.1. The maximum absolute atomic E-state index is 12.8. The highest BCUT2D eigenvalue weighted by molar-refractivity contribution is 5.71. The number of esters is 3. The number of carbonyl (C=O) groups excluding carboxylic acids is 3. The Morgan fingerprint density at radius 3 is 0.878 bits per heavy atom. The number of allylic oxidation sites excluding steroid dienone is 24. The van der Waals surface area contributed by atoms with E-state index in [0.717, 1.165) is 128 Å². The molecule has 0 bridgehead atoms. The SMILES string of the molecule is CC/C=C\C/C=C\C/C=C\C/C=C\C/C=C\C/C=C\C/C=C\C/C=C\C/C=C\C/C=C\CCCCC(=O)OCC(COC(=O)CCCCCCCC)OC(=O)CCCCCCCCC/C=C\C/C=C\CCCCC. The number of ether oxygens (including phenoxy) is 3. The molecule has 74 heavy (non-hydrogen) atoms. The molecule has 0 aromatic carbocycles. The van der Waals surface area contributed by atoms with Crippen LogP contribution < -0.4 is 0 Å². The van der Waals surface area contributed by atoms with Crippen LogP contribution >= 0.6 is 0 Å². The molecule has 1 atom stereocenters. The Balaban J connectivity index is 4.24. The molecule has 0 saturated carbocycles. The van der Waals surface area contributed by atoms with Gasteiger partial charge >= 0.3 is 17.9 Å². The topological polar surface area (TPSA) is 78.9 Å². The normalized spacial score (nSPS) is 13.2. The highest BCUT2D eigenvalue weighted by atomic mass is 16.6. The summed E-state index contributed by atoms with van der Waals surface area (Å²) in [5, 5.41) is 0. The van der Waals surface area contributed by atoms with Crippen molar-refractivity contribution in [3.8, 4) is 0 Å². The average Bonchev–Trinajstić information content (AvgIpc) is 3.40. The fourth-order valence-electron chi connectivity index (χ4n) is 7.62. The average molecular weight is 1020 g/mol. The minimum Gasteiger partial charge on any atom is -0.462 e. The lowest BCUT2D eigenvalue weighted by atomic mass is 10.1. The van der Waals surface area contributed by atoms with E-state index in [2.05, 4.69) is 167 Å². The summed E-state index contributed by atoms with van der Waals surface area (Å²) in [6, 6.07) is 0. The van der Waals surface area contributed by atoms with E-state index in [0.29, 0.717) is 25.7 Å². The Bertz CT molecular complexity index is 1640. The van der Waals surface area contributed by atoms with E-state index in [4.69, 9.17) is 14.2 Å². The van der Waals surface area contributed by atoms with Crippen molar-refractivity contribution in [2.45, 2.75) is 252 Å². The van der Waals surface area contributed by atoms with Gasteiger partial charge in [-0.3, -0.25) is 14.4 Å². The van der Waals surface area contributed by atoms with Crippen molar-refractivity contribution in [1.82, 2.24) is 0 Å². The first-order chi connectivity index (χ1) is 36.5. The minimum absolute atomic E-state index is 0.0994. The molecule has 0 heterocycles. The lowest BCUT2D eigenvalue weighted by Crippen LogP contribution is -2.30. The van der Waals surface area contributed by atoms with Gasteiger partial charge in [-0.2, -0.15) is 0 Å². The molecule has 0 aliphatic heterocycles. The molecule has 1 unspecified atom stereocenters. The fraction of sp³-hybridized carbons (Fsp3) is 0.603. The number of rotatable bonds is 52. The second-order valence-corrected chi connectivity index (χ2v) is 19.2. The first kappa shape index (κ1) is 69.3. The van der Waals surface area contributed by atoms with E-state index in [9.17, 15) is 14.4 Å². The molecule has 0 aliphatic carbocycles. The molecule has 0 aliphatic rings. The smallest absolute Gasteiger partial charge is 0.306 e. The third-order valence-electron chi connectivity index (χ3n) is 12.1. The van der Waals surface area contributed by atoms with Gasteiger partial charge in [-0.25, -0.2) is 0 Å². The van der Waals surface area contributed by atoms with Crippen molar-refractivity contribution in [1.29, 1.82) is 0 Å². The number of hydrogen-bond acceptors (Lipinski definition) is 6. The van der Waals surface area contributed by atoms with Crippen molar-refractivity contribution in [2.24, 2.45) is 0 Å². The summed E-state index contributed by atoms with van der Waals surface area (Å²) in [6.07, 6.45) is 87.3. The van der Waals surface area contributed by atoms with E-state index < -0.39 is 6.10 Å². The van der Waals surface area contributed by atoms with Gasteiger partial charge in [0.2, 0.25) is 0 Å².